The first-order chi connectivity index (χ1) is 13.5. The van der Waals surface area contributed by atoms with Crippen LogP contribution in [0.3, 0.4) is 0 Å². The molecule has 2 aromatic rings. The lowest BCUT2D eigenvalue weighted by Gasteiger charge is -2.39. The smallest absolute Gasteiger partial charge is 0.147 e. The molecule has 0 spiro atoms. The van der Waals surface area contributed by atoms with E-state index in [4.69, 9.17) is 0 Å². The quantitative estimate of drug-likeness (QED) is 0.843. The van der Waals surface area contributed by atoms with Crippen molar-refractivity contribution >= 4 is 22.5 Å². The first-order valence-corrected chi connectivity index (χ1v) is 9.84. The molecule has 2 aliphatic rings. The summed E-state index contributed by atoms with van der Waals surface area (Å²) in [6.07, 6.45) is 4.59. The van der Waals surface area contributed by atoms with Crippen molar-refractivity contribution < 1.29 is 9.90 Å². The Bertz CT molecular complexity index is 919. The third-order valence-electron chi connectivity index (χ3n) is 5.67. The second kappa shape index (κ2) is 7.82. The second-order valence-corrected chi connectivity index (χ2v) is 8.20. The van der Waals surface area contributed by atoms with E-state index in [-0.39, 0.29) is 11.9 Å². The van der Waals surface area contributed by atoms with Gasteiger partial charge in [-0.3, -0.25) is 19.7 Å². The number of nitriles is 1. The number of carbonyl (C=O) groups is 1. The lowest BCUT2D eigenvalue weighted by molar-refractivity contribution is -0.123. The Morgan fingerprint density at radius 2 is 1.96 bits per heavy atom. The maximum absolute atomic E-state index is 12.5. The summed E-state index contributed by atoms with van der Waals surface area (Å²) < 4.78 is 0. The highest BCUT2D eigenvalue weighted by Crippen LogP contribution is 2.32. The van der Waals surface area contributed by atoms with E-state index in [9.17, 15) is 15.2 Å². The van der Waals surface area contributed by atoms with Crippen molar-refractivity contribution in [2.24, 2.45) is 11.8 Å². The van der Waals surface area contributed by atoms with E-state index in [1.165, 1.54) is 0 Å². The van der Waals surface area contributed by atoms with E-state index in [2.05, 4.69) is 27.9 Å². The summed E-state index contributed by atoms with van der Waals surface area (Å²) in [5.74, 6) is 1.01. The van der Waals surface area contributed by atoms with Crippen molar-refractivity contribution in [2.75, 3.05) is 37.6 Å². The number of nitrogens with zero attached hydrogens (tertiary/aromatic N) is 5. The van der Waals surface area contributed by atoms with Crippen LogP contribution >= 0.6 is 0 Å². The second-order valence-electron chi connectivity index (χ2n) is 8.20. The Hall–Kier alpha value is -2.56. The fraction of sp³-hybridized carbons (Fsp3) is 0.524. The van der Waals surface area contributed by atoms with Crippen molar-refractivity contribution in [1.82, 2.24) is 14.9 Å². The maximum atomic E-state index is 12.5. The van der Waals surface area contributed by atoms with Gasteiger partial charge in [-0.25, -0.2) is 0 Å². The van der Waals surface area contributed by atoms with Crippen LogP contribution in [0.25, 0.3) is 11.0 Å². The van der Waals surface area contributed by atoms with E-state index in [0.29, 0.717) is 49.0 Å². The minimum atomic E-state index is -0.274. The summed E-state index contributed by atoms with van der Waals surface area (Å²) in [7, 11) is 0. The molecule has 1 N–H and O–H groups in total. The van der Waals surface area contributed by atoms with Crippen LogP contribution in [0, 0.1) is 23.2 Å². The van der Waals surface area contributed by atoms with E-state index in [1.54, 1.807) is 18.5 Å². The SMILES string of the molecule is C[C@H]1C[C@@H](CC(=O)CN2CC(O)C2)CN(c2ccc(C#N)c3nccnc23)C1. The lowest BCUT2D eigenvalue weighted by atomic mass is 9.86. The number of aliphatic hydroxyl groups excluding tert-OH is 1. The van der Waals surface area contributed by atoms with Crippen LogP contribution in [0.1, 0.15) is 25.3 Å². The van der Waals surface area contributed by atoms with Gasteiger partial charge < -0.3 is 10.0 Å². The van der Waals surface area contributed by atoms with Gasteiger partial charge in [0.25, 0.3) is 0 Å². The monoisotopic (exact) mass is 379 g/mol. The van der Waals surface area contributed by atoms with Gasteiger partial charge in [0, 0.05) is 45.0 Å². The number of rotatable bonds is 5. The largest absolute Gasteiger partial charge is 0.390 e. The predicted octanol–water partition coefficient (Wildman–Crippen LogP) is 1.60. The molecule has 4 rings (SSSR count). The van der Waals surface area contributed by atoms with Gasteiger partial charge in [0.1, 0.15) is 22.9 Å². The Balaban J connectivity index is 1.50. The Morgan fingerprint density at radius 1 is 1.21 bits per heavy atom. The third-order valence-corrected chi connectivity index (χ3v) is 5.67. The Kier molecular flexibility index (Phi) is 5.25. The zero-order valence-corrected chi connectivity index (χ0v) is 16.1. The normalized spacial score (nSPS) is 23.4. The van der Waals surface area contributed by atoms with Gasteiger partial charge in [-0.2, -0.15) is 5.26 Å². The summed E-state index contributed by atoms with van der Waals surface area (Å²) in [6, 6.07) is 5.95. The summed E-state index contributed by atoms with van der Waals surface area (Å²) in [5.41, 5.74) is 2.89. The molecule has 0 aliphatic carbocycles. The molecular formula is C21H25N5O2. The van der Waals surface area contributed by atoms with Crippen LogP contribution in [0.5, 0.6) is 0 Å². The number of fused-ring (bicyclic) bond motifs is 1. The molecule has 2 saturated heterocycles. The first-order valence-electron chi connectivity index (χ1n) is 9.84. The number of Topliss-reactive ketones (excluding diaryl/α,β-unsaturated/α-hetero) is 1. The number of piperidine rings is 1. The van der Waals surface area contributed by atoms with Gasteiger partial charge in [-0.05, 0) is 30.4 Å². The molecule has 0 amide bonds. The molecule has 0 bridgehead atoms. The van der Waals surface area contributed by atoms with Gasteiger partial charge in [0.05, 0.1) is 23.9 Å². The van der Waals surface area contributed by atoms with Crippen molar-refractivity contribution in [3.63, 3.8) is 0 Å². The maximum Gasteiger partial charge on any atom is 0.147 e. The number of anilines is 1. The average molecular weight is 379 g/mol. The van der Waals surface area contributed by atoms with Gasteiger partial charge in [0.15, 0.2) is 0 Å². The van der Waals surface area contributed by atoms with E-state index in [1.807, 2.05) is 11.0 Å². The summed E-state index contributed by atoms with van der Waals surface area (Å²) >= 11 is 0. The van der Waals surface area contributed by atoms with Crippen molar-refractivity contribution in [1.29, 1.82) is 5.26 Å². The van der Waals surface area contributed by atoms with Crippen LogP contribution in [0.15, 0.2) is 24.5 Å². The zero-order valence-electron chi connectivity index (χ0n) is 16.1. The predicted molar refractivity (Wildman–Crippen MR) is 106 cm³/mol. The zero-order chi connectivity index (χ0) is 19.7. The molecule has 0 radical (unpaired) electrons. The van der Waals surface area contributed by atoms with Crippen molar-refractivity contribution in [2.45, 2.75) is 25.9 Å². The number of hydrogen-bond acceptors (Lipinski definition) is 7. The highest BCUT2D eigenvalue weighted by atomic mass is 16.3. The van der Waals surface area contributed by atoms with Gasteiger partial charge in [-0.1, -0.05) is 6.92 Å². The molecule has 7 heteroatoms. The van der Waals surface area contributed by atoms with E-state index < -0.39 is 0 Å². The van der Waals surface area contributed by atoms with E-state index in [0.717, 1.165) is 30.7 Å². The highest BCUT2D eigenvalue weighted by Gasteiger charge is 2.30. The Labute approximate surface area is 164 Å². The summed E-state index contributed by atoms with van der Waals surface area (Å²) in [4.78, 5) is 25.6. The number of ketones is 1. The lowest BCUT2D eigenvalue weighted by Crippen LogP contribution is -2.52. The molecule has 28 heavy (non-hydrogen) atoms. The van der Waals surface area contributed by atoms with Crippen molar-refractivity contribution in [3.8, 4) is 6.07 Å². The third kappa shape index (κ3) is 3.84. The molecule has 2 fully saturated rings. The van der Waals surface area contributed by atoms with Crippen LogP contribution < -0.4 is 4.90 Å². The average Bonchev–Trinajstić information content (AvgIpc) is 2.65. The molecule has 2 aliphatic heterocycles. The molecule has 0 unspecified atom stereocenters. The molecule has 1 aromatic carbocycles. The number of aliphatic hydroxyl groups is 1. The molecule has 0 saturated carbocycles. The van der Waals surface area contributed by atoms with Crippen LogP contribution in [-0.4, -0.2) is 64.6 Å². The van der Waals surface area contributed by atoms with E-state index >= 15 is 0 Å². The minimum absolute atomic E-state index is 0.246. The number of benzene rings is 1. The number of β-amino-alcohol motifs (C(OH)–C–C–N with tert-alkyl or cyclic N) is 1. The number of likely N-dealkylation sites (tertiary alicyclic amines) is 1. The van der Waals surface area contributed by atoms with Gasteiger partial charge >= 0.3 is 0 Å². The van der Waals surface area contributed by atoms with Crippen LogP contribution in [0.2, 0.25) is 0 Å². The van der Waals surface area contributed by atoms with Crippen LogP contribution in [0.4, 0.5) is 5.69 Å². The molecule has 3 heterocycles. The van der Waals surface area contributed by atoms with Gasteiger partial charge in [0.2, 0.25) is 0 Å². The first kappa shape index (κ1) is 18.8. The fourth-order valence-corrected chi connectivity index (χ4v) is 4.52. The van der Waals surface area contributed by atoms with Crippen molar-refractivity contribution in [3.05, 3.63) is 30.1 Å². The fourth-order valence-electron chi connectivity index (χ4n) is 4.52. The highest BCUT2D eigenvalue weighted by molar-refractivity contribution is 5.92. The minimum Gasteiger partial charge on any atom is -0.390 e. The molecular weight excluding hydrogens is 354 g/mol. The van der Waals surface area contributed by atoms with Crippen LogP contribution in [-0.2, 0) is 4.79 Å². The molecule has 1 aromatic heterocycles. The summed E-state index contributed by atoms with van der Waals surface area (Å²) in [5, 5.41) is 18.7. The number of carbonyl (C=O) groups excluding carboxylic acids is 1. The summed E-state index contributed by atoms with van der Waals surface area (Å²) in [6.45, 7) is 5.57. The Morgan fingerprint density at radius 3 is 2.68 bits per heavy atom. The van der Waals surface area contributed by atoms with Gasteiger partial charge in [-0.15, -0.1) is 0 Å². The standard InChI is InChI=1S/C21H25N5O2/c1-14-6-15(7-17(27)11-25-12-18(28)13-25)10-26(9-14)19-3-2-16(8-22)20-21(19)24-5-4-23-20/h2-5,14-15,18,28H,6-7,9-13H2,1H3/t14-,15-/m0/s1. The number of hydrogen-bond donors (Lipinski definition) is 1. The molecule has 7 nitrogen and oxygen atoms in total. The molecule has 2 atom stereocenters. The molecule has 146 valence electrons. The topological polar surface area (TPSA) is 93.4 Å². The number of aromatic nitrogens is 2.